The van der Waals surface area contributed by atoms with Crippen LogP contribution in [-0.4, -0.2) is 11.1 Å². The largest absolute Gasteiger partial charge is 0.387 e. The molecule has 0 heterocycles. The summed E-state index contributed by atoms with van der Waals surface area (Å²) in [6.07, 6.45) is -1.02. The van der Waals surface area contributed by atoms with Crippen LogP contribution in [0.3, 0.4) is 0 Å². The first-order valence-electron chi connectivity index (χ1n) is 3.91. The maximum Gasteiger partial charge on any atom is 0.147 e. The molecule has 3 N–H and O–H groups in total. The molecule has 0 unspecified atom stereocenters. The highest BCUT2D eigenvalue weighted by atomic mass is 35.5. The molecule has 0 aliphatic rings. The third-order valence-corrected chi connectivity index (χ3v) is 2.09. The topological polar surface area (TPSA) is 46.2 Å². The predicted octanol–water partition coefficient (Wildman–Crippen LogP) is 1.86. The fraction of sp³-hybridized carbons (Fsp3) is 0.333. The lowest BCUT2D eigenvalue weighted by molar-refractivity contribution is 0.149. The van der Waals surface area contributed by atoms with Crippen molar-refractivity contribution >= 4 is 11.6 Å². The van der Waals surface area contributed by atoms with E-state index in [2.05, 4.69) is 0 Å². The van der Waals surface area contributed by atoms with Gasteiger partial charge in [0.05, 0.1) is 11.1 Å². The first kappa shape index (κ1) is 10.4. The molecule has 0 bridgehead atoms. The number of halogens is 2. The minimum absolute atomic E-state index is 0.00259. The van der Waals surface area contributed by atoms with Gasteiger partial charge >= 0.3 is 0 Å². The van der Waals surface area contributed by atoms with E-state index in [0.717, 1.165) is 0 Å². The van der Waals surface area contributed by atoms with E-state index in [4.69, 9.17) is 17.3 Å². The summed E-state index contributed by atoms with van der Waals surface area (Å²) in [7, 11) is 0. The van der Waals surface area contributed by atoms with Crippen molar-refractivity contribution in [2.75, 3.05) is 0 Å². The Morgan fingerprint density at radius 2 is 2.15 bits per heavy atom. The molecule has 0 saturated carbocycles. The van der Waals surface area contributed by atoms with Crippen LogP contribution < -0.4 is 5.73 Å². The average molecular weight is 204 g/mol. The molecule has 2 atom stereocenters. The number of hydrogen-bond donors (Lipinski definition) is 2. The molecule has 1 rings (SSSR count). The lowest BCUT2D eigenvalue weighted by atomic mass is 10.0. The third kappa shape index (κ3) is 2.18. The third-order valence-electron chi connectivity index (χ3n) is 1.80. The van der Waals surface area contributed by atoms with Crippen molar-refractivity contribution in [1.29, 1.82) is 0 Å². The SMILES string of the molecule is C[C@H](N)[C@H](O)c1cccc(Cl)c1F. The molecule has 2 nitrogen and oxygen atoms in total. The van der Waals surface area contributed by atoms with E-state index in [1.54, 1.807) is 13.0 Å². The molecule has 0 aromatic heterocycles. The van der Waals surface area contributed by atoms with Crippen LogP contribution in [0.15, 0.2) is 18.2 Å². The molecule has 0 radical (unpaired) electrons. The highest BCUT2D eigenvalue weighted by molar-refractivity contribution is 6.30. The van der Waals surface area contributed by atoms with Crippen LogP contribution in [0.1, 0.15) is 18.6 Å². The Morgan fingerprint density at radius 3 is 2.69 bits per heavy atom. The molecule has 0 saturated heterocycles. The normalized spacial score (nSPS) is 15.5. The second-order valence-corrected chi connectivity index (χ2v) is 3.35. The van der Waals surface area contributed by atoms with E-state index < -0.39 is 18.0 Å². The molecule has 72 valence electrons. The lowest BCUT2D eigenvalue weighted by Gasteiger charge is -2.15. The second-order valence-electron chi connectivity index (χ2n) is 2.95. The predicted molar refractivity (Wildman–Crippen MR) is 50.0 cm³/mol. The molecule has 0 amide bonds. The molecule has 0 aliphatic heterocycles. The van der Waals surface area contributed by atoms with Crippen molar-refractivity contribution in [3.63, 3.8) is 0 Å². The van der Waals surface area contributed by atoms with Gasteiger partial charge in [-0.3, -0.25) is 0 Å². The van der Waals surface area contributed by atoms with Gasteiger partial charge in [0, 0.05) is 11.6 Å². The fourth-order valence-corrected chi connectivity index (χ4v) is 1.21. The van der Waals surface area contributed by atoms with Gasteiger partial charge in [0.25, 0.3) is 0 Å². The Hall–Kier alpha value is -0.640. The summed E-state index contributed by atoms with van der Waals surface area (Å²) in [6, 6.07) is 3.95. The smallest absolute Gasteiger partial charge is 0.147 e. The van der Waals surface area contributed by atoms with Crippen molar-refractivity contribution in [3.8, 4) is 0 Å². The van der Waals surface area contributed by atoms with Crippen LogP contribution in [0.2, 0.25) is 5.02 Å². The van der Waals surface area contributed by atoms with Gasteiger partial charge in [0.1, 0.15) is 5.82 Å². The zero-order chi connectivity index (χ0) is 10.0. The van der Waals surface area contributed by atoms with E-state index in [1.165, 1.54) is 12.1 Å². The summed E-state index contributed by atoms with van der Waals surface area (Å²) in [4.78, 5) is 0. The molecule has 13 heavy (non-hydrogen) atoms. The quantitative estimate of drug-likeness (QED) is 0.771. The van der Waals surface area contributed by atoms with Crippen molar-refractivity contribution < 1.29 is 9.50 Å². The summed E-state index contributed by atoms with van der Waals surface area (Å²) in [5.74, 6) is -0.603. The van der Waals surface area contributed by atoms with Gasteiger partial charge in [-0.1, -0.05) is 23.7 Å². The Kier molecular flexibility index (Phi) is 3.25. The number of nitrogens with two attached hydrogens (primary N) is 1. The number of rotatable bonds is 2. The molecular weight excluding hydrogens is 193 g/mol. The van der Waals surface area contributed by atoms with Crippen molar-refractivity contribution in [2.24, 2.45) is 5.73 Å². The average Bonchev–Trinajstić information content (AvgIpc) is 2.08. The summed E-state index contributed by atoms with van der Waals surface area (Å²) < 4.78 is 13.3. The van der Waals surface area contributed by atoms with E-state index in [1.807, 2.05) is 0 Å². The summed E-state index contributed by atoms with van der Waals surface area (Å²) in [5.41, 5.74) is 5.57. The second kappa shape index (κ2) is 4.05. The van der Waals surface area contributed by atoms with Gasteiger partial charge in [-0.15, -0.1) is 0 Å². The van der Waals surface area contributed by atoms with Gasteiger partial charge < -0.3 is 10.8 Å². The van der Waals surface area contributed by atoms with Crippen molar-refractivity contribution in [2.45, 2.75) is 19.1 Å². The monoisotopic (exact) mass is 203 g/mol. The van der Waals surface area contributed by atoms with Crippen molar-refractivity contribution in [1.82, 2.24) is 0 Å². The molecule has 0 aliphatic carbocycles. The van der Waals surface area contributed by atoms with Crippen LogP contribution in [0.25, 0.3) is 0 Å². The van der Waals surface area contributed by atoms with E-state index in [-0.39, 0.29) is 10.6 Å². The fourth-order valence-electron chi connectivity index (χ4n) is 1.03. The Balaban J connectivity index is 3.07. The maximum absolute atomic E-state index is 13.3. The first-order chi connectivity index (χ1) is 6.04. The van der Waals surface area contributed by atoms with Gasteiger partial charge in [-0.25, -0.2) is 4.39 Å². The highest BCUT2D eigenvalue weighted by Crippen LogP contribution is 2.24. The standard InChI is InChI=1S/C9H11ClFNO/c1-5(12)9(13)6-3-2-4-7(10)8(6)11/h2-5,9,13H,12H2,1H3/t5-,9-/m0/s1. The Morgan fingerprint density at radius 1 is 1.54 bits per heavy atom. The minimum atomic E-state index is -1.02. The van der Waals surface area contributed by atoms with Gasteiger partial charge in [-0.2, -0.15) is 0 Å². The van der Waals surface area contributed by atoms with Gasteiger partial charge in [0.15, 0.2) is 0 Å². The zero-order valence-corrected chi connectivity index (χ0v) is 7.92. The van der Waals surface area contributed by atoms with Crippen molar-refractivity contribution in [3.05, 3.63) is 34.6 Å². The van der Waals surface area contributed by atoms with Crippen LogP contribution >= 0.6 is 11.6 Å². The summed E-state index contributed by atoms with van der Waals surface area (Å²) in [5, 5.41) is 9.48. The molecular formula is C9H11ClFNO. The van der Waals surface area contributed by atoms with Crippen LogP contribution in [0, 0.1) is 5.82 Å². The molecule has 1 aromatic rings. The van der Waals surface area contributed by atoms with Gasteiger partial charge in [0.2, 0.25) is 0 Å². The summed E-state index contributed by atoms with van der Waals surface area (Å²) in [6.45, 7) is 1.60. The van der Waals surface area contributed by atoms with Crippen LogP contribution in [-0.2, 0) is 0 Å². The van der Waals surface area contributed by atoms with E-state index >= 15 is 0 Å². The first-order valence-corrected chi connectivity index (χ1v) is 4.29. The number of aliphatic hydroxyl groups is 1. The molecule has 4 heteroatoms. The molecule has 1 aromatic carbocycles. The Labute approximate surface area is 81.1 Å². The van der Waals surface area contributed by atoms with Crippen LogP contribution in [0.5, 0.6) is 0 Å². The lowest BCUT2D eigenvalue weighted by Crippen LogP contribution is -2.25. The molecule has 0 fully saturated rings. The highest BCUT2D eigenvalue weighted by Gasteiger charge is 2.17. The van der Waals surface area contributed by atoms with E-state index in [9.17, 15) is 9.50 Å². The Bertz CT molecular complexity index is 304. The maximum atomic E-state index is 13.3. The van der Waals surface area contributed by atoms with Gasteiger partial charge in [-0.05, 0) is 13.0 Å². The minimum Gasteiger partial charge on any atom is -0.387 e. The number of hydrogen-bond acceptors (Lipinski definition) is 2. The number of benzene rings is 1. The zero-order valence-electron chi connectivity index (χ0n) is 7.17. The summed E-state index contributed by atoms with van der Waals surface area (Å²) >= 11 is 5.54. The van der Waals surface area contributed by atoms with Crippen LogP contribution in [0.4, 0.5) is 4.39 Å². The number of aliphatic hydroxyl groups excluding tert-OH is 1. The van der Waals surface area contributed by atoms with E-state index in [0.29, 0.717) is 0 Å². The molecule has 0 spiro atoms.